The van der Waals surface area contributed by atoms with Crippen LogP contribution in [-0.4, -0.2) is 67.6 Å². The molecule has 0 saturated carbocycles. The maximum atomic E-state index is 12.5. The lowest BCUT2D eigenvalue weighted by atomic mass is 10.2. The first-order valence-corrected chi connectivity index (χ1v) is 9.84. The zero-order chi connectivity index (χ0) is 23.8. The largest absolute Gasteiger partial charge is 0.573 e. The third kappa shape index (κ3) is 7.49. The predicted molar refractivity (Wildman–Crippen MR) is 110 cm³/mol. The van der Waals surface area contributed by atoms with Gasteiger partial charge < -0.3 is 23.8 Å². The van der Waals surface area contributed by atoms with Gasteiger partial charge in [-0.25, -0.2) is 4.79 Å². The van der Waals surface area contributed by atoms with Crippen LogP contribution in [0.25, 0.3) is 6.08 Å². The molecule has 1 aliphatic heterocycles. The quantitative estimate of drug-likeness (QED) is 0.458. The fourth-order valence-electron chi connectivity index (χ4n) is 3.03. The van der Waals surface area contributed by atoms with E-state index in [4.69, 9.17) is 9.47 Å². The number of alkyl halides is 3. The maximum Gasteiger partial charge on any atom is 0.573 e. The molecule has 8 nitrogen and oxygen atoms in total. The van der Waals surface area contributed by atoms with Gasteiger partial charge >= 0.3 is 12.3 Å². The number of pyridine rings is 1. The number of methoxy groups -OCH3 is 1. The summed E-state index contributed by atoms with van der Waals surface area (Å²) in [7, 11) is 1.26. The first-order valence-electron chi connectivity index (χ1n) is 9.84. The Balaban J connectivity index is 1.54. The third-order valence-corrected chi connectivity index (χ3v) is 4.53. The van der Waals surface area contributed by atoms with Crippen molar-refractivity contribution in [2.45, 2.75) is 12.5 Å². The summed E-state index contributed by atoms with van der Waals surface area (Å²) in [4.78, 5) is 29.6. The number of nitrogens with zero attached hydrogens (tertiary/aromatic N) is 2. The Labute approximate surface area is 187 Å². The van der Waals surface area contributed by atoms with Crippen molar-refractivity contribution in [3.05, 3.63) is 59.9 Å². The Hall–Kier alpha value is -3.60. The average molecular weight is 466 g/mol. The fourth-order valence-corrected chi connectivity index (χ4v) is 3.03. The molecule has 2 heterocycles. The van der Waals surface area contributed by atoms with Gasteiger partial charge in [0.05, 0.1) is 32.0 Å². The molecule has 1 atom stereocenters. The molecule has 1 aromatic carbocycles. The van der Waals surface area contributed by atoms with Crippen LogP contribution in [0.1, 0.15) is 15.9 Å². The summed E-state index contributed by atoms with van der Waals surface area (Å²) in [6.07, 6.45) is 0.280. The Bertz CT molecular complexity index is 1010. The summed E-state index contributed by atoms with van der Waals surface area (Å²) < 4.78 is 56.9. The highest BCUT2D eigenvalue weighted by Gasteiger charge is 2.31. The smallest absolute Gasteiger partial charge is 0.489 e. The summed E-state index contributed by atoms with van der Waals surface area (Å²) in [5.74, 6) is -0.877. The molecule has 0 N–H and O–H groups in total. The van der Waals surface area contributed by atoms with Crippen LogP contribution in [0.4, 0.5) is 13.2 Å². The van der Waals surface area contributed by atoms with Crippen LogP contribution in [0.15, 0.2) is 48.8 Å². The normalized spacial score (nSPS) is 16.5. The number of rotatable bonds is 7. The second kappa shape index (κ2) is 10.8. The van der Waals surface area contributed by atoms with Crippen molar-refractivity contribution in [3.63, 3.8) is 0 Å². The summed E-state index contributed by atoms with van der Waals surface area (Å²) >= 11 is 0. The van der Waals surface area contributed by atoms with E-state index in [0.29, 0.717) is 24.5 Å². The van der Waals surface area contributed by atoms with Gasteiger partial charge in [0.2, 0.25) is 5.91 Å². The van der Waals surface area contributed by atoms with Crippen LogP contribution in [-0.2, 0) is 14.3 Å². The molecule has 0 bridgehead atoms. The minimum atomic E-state index is -4.79. The number of aromatic nitrogens is 1. The van der Waals surface area contributed by atoms with Crippen molar-refractivity contribution in [1.82, 2.24) is 9.88 Å². The molecule has 0 spiro atoms. The molecule has 1 aromatic heterocycles. The average Bonchev–Trinajstić information content (AvgIpc) is 2.80. The van der Waals surface area contributed by atoms with E-state index in [1.54, 1.807) is 11.0 Å². The highest BCUT2D eigenvalue weighted by molar-refractivity contribution is 5.92. The van der Waals surface area contributed by atoms with E-state index in [2.05, 4.69) is 14.5 Å². The number of benzene rings is 1. The Morgan fingerprint density at radius 2 is 2.06 bits per heavy atom. The van der Waals surface area contributed by atoms with Gasteiger partial charge in [-0.1, -0.05) is 12.1 Å². The van der Waals surface area contributed by atoms with Crippen molar-refractivity contribution in [2.24, 2.45) is 0 Å². The number of hydrogen-bond acceptors (Lipinski definition) is 7. The lowest BCUT2D eigenvalue weighted by molar-refractivity contribution is -0.274. The molecule has 176 valence electrons. The second-order valence-electron chi connectivity index (χ2n) is 6.94. The van der Waals surface area contributed by atoms with Gasteiger partial charge in [-0.05, 0) is 29.8 Å². The molecule has 1 fully saturated rings. The van der Waals surface area contributed by atoms with Crippen LogP contribution < -0.4 is 9.47 Å². The molecular weight excluding hydrogens is 445 g/mol. The SMILES string of the molecule is COC(=O)c1cncc(OCC2CN(C(=O)/C=C/c3cccc(OC(F)(F)F)c3)CCO2)c1. The van der Waals surface area contributed by atoms with Gasteiger partial charge in [-0.15, -0.1) is 13.2 Å². The number of carbonyl (C=O) groups is 2. The number of morpholine rings is 1. The molecular formula is C22H21F3N2O6. The lowest BCUT2D eigenvalue weighted by Gasteiger charge is -2.32. The molecule has 0 radical (unpaired) electrons. The molecule has 1 aliphatic rings. The highest BCUT2D eigenvalue weighted by atomic mass is 19.4. The van der Waals surface area contributed by atoms with Crippen molar-refractivity contribution in [3.8, 4) is 11.5 Å². The standard InChI is InChI=1S/C22H21F3N2O6/c1-30-21(29)16-10-18(12-26-11-16)32-14-19-13-27(7-8-31-19)20(28)6-5-15-3-2-4-17(9-15)33-22(23,24)25/h2-6,9-12,19H,7-8,13-14H2,1H3/b6-5+. The number of hydrogen-bond donors (Lipinski definition) is 0. The minimum absolute atomic E-state index is 0.122. The van der Waals surface area contributed by atoms with Crippen LogP contribution in [0.2, 0.25) is 0 Å². The van der Waals surface area contributed by atoms with Crippen LogP contribution in [0, 0.1) is 0 Å². The van der Waals surface area contributed by atoms with E-state index in [-0.39, 0.29) is 30.4 Å². The summed E-state index contributed by atoms with van der Waals surface area (Å²) in [6.45, 7) is 1.03. The molecule has 33 heavy (non-hydrogen) atoms. The molecule has 3 rings (SSSR count). The van der Waals surface area contributed by atoms with Gasteiger partial charge in [0.15, 0.2) is 0 Å². The van der Waals surface area contributed by atoms with Gasteiger partial charge in [-0.2, -0.15) is 0 Å². The summed E-state index contributed by atoms with van der Waals surface area (Å²) in [5, 5.41) is 0. The Kier molecular flexibility index (Phi) is 7.88. The summed E-state index contributed by atoms with van der Waals surface area (Å²) in [5.41, 5.74) is 0.627. The van der Waals surface area contributed by atoms with Gasteiger partial charge in [0.1, 0.15) is 24.2 Å². The second-order valence-corrected chi connectivity index (χ2v) is 6.94. The van der Waals surface area contributed by atoms with E-state index >= 15 is 0 Å². The van der Waals surface area contributed by atoms with Crippen molar-refractivity contribution < 1.29 is 41.7 Å². The zero-order valence-electron chi connectivity index (χ0n) is 17.6. The molecule has 2 aromatic rings. The van der Waals surface area contributed by atoms with Crippen molar-refractivity contribution in [1.29, 1.82) is 0 Å². The minimum Gasteiger partial charge on any atom is -0.489 e. The van der Waals surface area contributed by atoms with Gasteiger partial charge in [-0.3, -0.25) is 9.78 Å². The van der Waals surface area contributed by atoms with E-state index in [1.165, 1.54) is 55.9 Å². The van der Waals surface area contributed by atoms with E-state index in [0.717, 1.165) is 0 Å². The zero-order valence-corrected chi connectivity index (χ0v) is 17.6. The van der Waals surface area contributed by atoms with E-state index in [1.807, 2.05) is 0 Å². The predicted octanol–water partition coefficient (Wildman–Crippen LogP) is 3.09. The number of esters is 1. The highest BCUT2D eigenvalue weighted by Crippen LogP contribution is 2.23. The van der Waals surface area contributed by atoms with E-state index in [9.17, 15) is 22.8 Å². The first kappa shape index (κ1) is 24.1. The van der Waals surface area contributed by atoms with Gasteiger partial charge in [0.25, 0.3) is 0 Å². The third-order valence-electron chi connectivity index (χ3n) is 4.53. The van der Waals surface area contributed by atoms with Crippen LogP contribution >= 0.6 is 0 Å². The van der Waals surface area contributed by atoms with Crippen LogP contribution in [0.3, 0.4) is 0 Å². The fraction of sp³-hybridized carbons (Fsp3) is 0.318. The van der Waals surface area contributed by atoms with Crippen molar-refractivity contribution in [2.75, 3.05) is 33.4 Å². The Morgan fingerprint density at radius 1 is 1.24 bits per heavy atom. The van der Waals surface area contributed by atoms with Gasteiger partial charge in [0, 0.05) is 18.8 Å². The monoisotopic (exact) mass is 466 g/mol. The topological polar surface area (TPSA) is 87.2 Å². The number of halogens is 3. The van der Waals surface area contributed by atoms with Crippen LogP contribution in [0.5, 0.6) is 11.5 Å². The lowest BCUT2D eigenvalue weighted by Crippen LogP contribution is -2.47. The molecule has 11 heteroatoms. The van der Waals surface area contributed by atoms with Crippen molar-refractivity contribution >= 4 is 18.0 Å². The molecule has 1 saturated heterocycles. The first-order chi connectivity index (χ1) is 15.7. The number of ether oxygens (including phenoxy) is 4. The molecule has 1 unspecified atom stereocenters. The summed E-state index contributed by atoms with van der Waals surface area (Å²) in [6, 6.07) is 6.81. The molecule has 1 amide bonds. The number of amides is 1. The Morgan fingerprint density at radius 3 is 2.82 bits per heavy atom. The van der Waals surface area contributed by atoms with E-state index < -0.39 is 18.4 Å². The maximum absolute atomic E-state index is 12.5. The molecule has 0 aliphatic carbocycles. The number of carbonyl (C=O) groups excluding carboxylic acids is 2.